The highest BCUT2D eigenvalue weighted by Gasteiger charge is 2.44. The maximum absolute atomic E-state index is 12.7. The van der Waals surface area contributed by atoms with Crippen molar-refractivity contribution in [2.75, 3.05) is 26.2 Å². The zero-order valence-electron chi connectivity index (χ0n) is 13.1. The van der Waals surface area contributed by atoms with Gasteiger partial charge in [0.1, 0.15) is 0 Å². The van der Waals surface area contributed by atoms with Gasteiger partial charge in [-0.25, -0.2) is 0 Å². The number of nitrogens with one attached hydrogen (secondary N) is 2. The number of piperidine rings is 1. The van der Waals surface area contributed by atoms with Crippen molar-refractivity contribution in [3.8, 4) is 0 Å². The molecule has 0 aromatic rings. The third-order valence-electron chi connectivity index (χ3n) is 5.05. The molecule has 0 aromatic carbocycles. The highest BCUT2D eigenvalue weighted by molar-refractivity contribution is 7.87. The van der Waals surface area contributed by atoms with E-state index in [2.05, 4.69) is 17.0 Å². The minimum Gasteiger partial charge on any atom is -0.317 e. The Morgan fingerprint density at radius 1 is 1.14 bits per heavy atom. The summed E-state index contributed by atoms with van der Waals surface area (Å²) in [5, 5.41) is 3.35. The lowest BCUT2D eigenvalue weighted by atomic mass is 10.00. The molecule has 1 atom stereocenters. The summed E-state index contributed by atoms with van der Waals surface area (Å²) in [4.78, 5) is 0. The normalized spacial score (nSPS) is 28.2. The summed E-state index contributed by atoms with van der Waals surface area (Å²) in [5.74, 6) is 1.67. The van der Waals surface area contributed by atoms with Crippen LogP contribution in [0.3, 0.4) is 0 Å². The molecular formula is C15H29N3O2S. The van der Waals surface area contributed by atoms with Gasteiger partial charge in [0.2, 0.25) is 0 Å². The molecule has 1 saturated heterocycles. The molecule has 21 heavy (non-hydrogen) atoms. The first-order valence-electron chi connectivity index (χ1n) is 8.58. The van der Waals surface area contributed by atoms with E-state index in [1.807, 2.05) is 0 Å². The summed E-state index contributed by atoms with van der Waals surface area (Å²) in [5.41, 5.74) is 0. The van der Waals surface area contributed by atoms with Crippen molar-refractivity contribution in [1.29, 1.82) is 0 Å². The Kier molecular flexibility index (Phi) is 4.88. The topological polar surface area (TPSA) is 61.4 Å². The Morgan fingerprint density at radius 2 is 1.81 bits per heavy atom. The highest BCUT2D eigenvalue weighted by Crippen LogP contribution is 2.44. The molecule has 1 aliphatic heterocycles. The molecule has 5 nitrogen and oxygen atoms in total. The van der Waals surface area contributed by atoms with E-state index < -0.39 is 10.2 Å². The number of hydrogen-bond acceptors (Lipinski definition) is 3. The molecule has 2 saturated carbocycles. The van der Waals surface area contributed by atoms with Gasteiger partial charge in [0.25, 0.3) is 10.2 Å². The van der Waals surface area contributed by atoms with E-state index in [1.165, 1.54) is 25.7 Å². The van der Waals surface area contributed by atoms with Gasteiger partial charge in [-0.1, -0.05) is 6.92 Å². The van der Waals surface area contributed by atoms with E-state index in [-0.39, 0.29) is 6.04 Å². The van der Waals surface area contributed by atoms with Gasteiger partial charge in [0.15, 0.2) is 0 Å². The summed E-state index contributed by atoms with van der Waals surface area (Å²) in [6.07, 6.45) is 6.92. The van der Waals surface area contributed by atoms with Crippen LogP contribution in [-0.2, 0) is 10.2 Å². The Morgan fingerprint density at radius 3 is 2.38 bits per heavy atom. The summed E-state index contributed by atoms with van der Waals surface area (Å²) in [6.45, 7) is 5.32. The average molecular weight is 315 g/mol. The van der Waals surface area contributed by atoms with Crippen LogP contribution in [0.4, 0.5) is 0 Å². The lowest BCUT2D eigenvalue weighted by Crippen LogP contribution is -2.51. The SMILES string of the molecule is CCNCC1CCCN(S(=O)(=O)NC(C2CC2)C2CC2)C1. The largest absolute Gasteiger partial charge is 0.317 e. The van der Waals surface area contributed by atoms with Crippen LogP contribution in [0.5, 0.6) is 0 Å². The van der Waals surface area contributed by atoms with Crippen LogP contribution in [0.1, 0.15) is 45.4 Å². The standard InChI is InChI=1S/C15H29N3O2S/c1-2-16-10-12-4-3-9-18(11-12)21(19,20)17-15(13-5-6-13)14-7-8-14/h12-17H,2-11H2,1H3. The minimum absolute atomic E-state index is 0.212. The summed E-state index contributed by atoms with van der Waals surface area (Å²) >= 11 is 0. The molecule has 0 radical (unpaired) electrons. The molecule has 6 heteroatoms. The average Bonchev–Trinajstić information content (AvgIpc) is 3.36. The molecule has 0 spiro atoms. The van der Waals surface area contributed by atoms with Crippen LogP contribution in [0.2, 0.25) is 0 Å². The van der Waals surface area contributed by atoms with Gasteiger partial charge in [0.05, 0.1) is 0 Å². The number of hydrogen-bond donors (Lipinski definition) is 2. The first kappa shape index (κ1) is 15.7. The van der Waals surface area contributed by atoms with Crippen LogP contribution < -0.4 is 10.0 Å². The van der Waals surface area contributed by atoms with Crippen LogP contribution in [0.15, 0.2) is 0 Å². The van der Waals surface area contributed by atoms with E-state index in [4.69, 9.17) is 0 Å². The third-order valence-corrected chi connectivity index (χ3v) is 6.63. The van der Waals surface area contributed by atoms with E-state index in [0.717, 1.165) is 25.9 Å². The summed E-state index contributed by atoms with van der Waals surface area (Å²) in [6, 6.07) is 0.212. The molecule has 0 amide bonds. The predicted octanol–water partition coefficient (Wildman–Crippen LogP) is 1.33. The van der Waals surface area contributed by atoms with E-state index >= 15 is 0 Å². The Labute approximate surface area is 129 Å². The van der Waals surface area contributed by atoms with E-state index in [1.54, 1.807) is 4.31 Å². The van der Waals surface area contributed by atoms with Crippen molar-refractivity contribution in [3.63, 3.8) is 0 Å². The van der Waals surface area contributed by atoms with Gasteiger partial charge in [0, 0.05) is 19.1 Å². The molecule has 0 aromatic heterocycles. The molecule has 2 N–H and O–H groups in total. The van der Waals surface area contributed by atoms with Crippen molar-refractivity contribution >= 4 is 10.2 Å². The smallest absolute Gasteiger partial charge is 0.279 e. The van der Waals surface area contributed by atoms with Crippen LogP contribution in [-0.4, -0.2) is 44.9 Å². The van der Waals surface area contributed by atoms with Crippen LogP contribution in [0.25, 0.3) is 0 Å². The second kappa shape index (κ2) is 6.52. The number of nitrogens with zero attached hydrogens (tertiary/aromatic N) is 1. The molecule has 0 bridgehead atoms. The molecule has 1 unspecified atom stereocenters. The van der Waals surface area contributed by atoms with Gasteiger partial charge >= 0.3 is 0 Å². The minimum atomic E-state index is -3.29. The maximum atomic E-state index is 12.7. The second-order valence-electron chi connectivity index (χ2n) is 7.00. The fourth-order valence-corrected chi connectivity index (χ4v) is 5.15. The van der Waals surface area contributed by atoms with Crippen LogP contribution >= 0.6 is 0 Å². The molecule has 122 valence electrons. The van der Waals surface area contributed by atoms with Crippen molar-refractivity contribution < 1.29 is 8.42 Å². The zero-order chi connectivity index (χ0) is 14.9. The Hall–Kier alpha value is -0.170. The highest BCUT2D eigenvalue weighted by atomic mass is 32.2. The molecule has 2 aliphatic carbocycles. The van der Waals surface area contributed by atoms with Gasteiger partial charge in [-0.2, -0.15) is 17.4 Å². The van der Waals surface area contributed by atoms with Gasteiger partial charge in [-0.3, -0.25) is 0 Å². The third kappa shape index (κ3) is 4.18. The fourth-order valence-electron chi connectivity index (χ4n) is 3.49. The predicted molar refractivity (Wildman–Crippen MR) is 84.1 cm³/mol. The lowest BCUT2D eigenvalue weighted by Gasteiger charge is -2.33. The van der Waals surface area contributed by atoms with E-state index in [9.17, 15) is 8.42 Å². The summed E-state index contributed by atoms with van der Waals surface area (Å²) in [7, 11) is -3.29. The molecule has 3 fully saturated rings. The lowest BCUT2D eigenvalue weighted by molar-refractivity contribution is 0.256. The number of rotatable bonds is 8. The van der Waals surface area contributed by atoms with Gasteiger partial charge in [-0.05, 0) is 69.4 Å². The van der Waals surface area contributed by atoms with Crippen molar-refractivity contribution in [2.24, 2.45) is 17.8 Å². The maximum Gasteiger partial charge on any atom is 0.279 e. The second-order valence-corrected chi connectivity index (χ2v) is 8.70. The Balaban J connectivity index is 1.57. The molecule has 1 heterocycles. The molecule has 3 rings (SSSR count). The zero-order valence-corrected chi connectivity index (χ0v) is 13.9. The van der Waals surface area contributed by atoms with E-state index in [0.29, 0.717) is 30.8 Å². The van der Waals surface area contributed by atoms with Crippen molar-refractivity contribution in [1.82, 2.24) is 14.3 Å². The first-order chi connectivity index (χ1) is 10.1. The van der Waals surface area contributed by atoms with Crippen LogP contribution in [0, 0.1) is 17.8 Å². The summed E-state index contributed by atoms with van der Waals surface area (Å²) < 4.78 is 30.1. The van der Waals surface area contributed by atoms with Gasteiger partial charge in [-0.15, -0.1) is 0 Å². The molecular weight excluding hydrogens is 286 g/mol. The fraction of sp³-hybridized carbons (Fsp3) is 1.00. The van der Waals surface area contributed by atoms with Gasteiger partial charge < -0.3 is 5.32 Å². The molecule has 3 aliphatic rings. The Bertz CT molecular complexity index is 434. The van der Waals surface area contributed by atoms with Crippen molar-refractivity contribution in [3.05, 3.63) is 0 Å². The van der Waals surface area contributed by atoms with Crippen molar-refractivity contribution in [2.45, 2.75) is 51.5 Å². The quantitative estimate of drug-likeness (QED) is 0.710. The monoisotopic (exact) mass is 315 g/mol. The first-order valence-corrected chi connectivity index (χ1v) is 10.0.